The van der Waals surface area contributed by atoms with Crippen molar-refractivity contribution in [3.05, 3.63) is 5.82 Å². The lowest BCUT2D eigenvalue weighted by molar-refractivity contribution is 0.0799. The van der Waals surface area contributed by atoms with Crippen molar-refractivity contribution in [2.75, 3.05) is 32.7 Å². The third-order valence-electron chi connectivity index (χ3n) is 5.22. The standard InChI is InChI=1S/C17H34N6/c1-7-17(5,6)23-16(18-19-20-23)15(13-14(3)4)22-11-9-21(8-2)10-12-22/h14-15H,7-13H2,1-6H3/t15-/m0/s1. The summed E-state index contributed by atoms with van der Waals surface area (Å²) < 4.78 is 2.06. The van der Waals surface area contributed by atoms with E-state index < -0.39 is 0 Å². The number of hydrogen-bond donors (Lipinski definition) is 0. The van der Waals surface area contributed by atoms with E-state index in [0.29, 0.717) is 12.0 Å². The Labute approximate surface area is 141 Å². The molecule has 1 aliphatic heterocycles. The predicted molar refractivity (Wildman–Crippen MR) is 93.3 cm³/mol. The van der Waals surface area contributed by atoms with Crippen LogP contribution >= 0.6 is 0 Å². The molecule has 0 unspecified atom stereocenters. The summed E-state index contributed by atoms with van der Waals surface area (Å²) in [6.45, 7) is 19.1. The second kappa shape index (κ2) is 7.71. The van der Waals surface area contributed by atoms with Crippen LogP contribution in [0.5, 0.6) is 0 Å². The van der Waals surface area contributed by atoms with Gasteiger partial charge >= 0.3 is 0 Å². The fourth-order valence-corrected chi connectivity index (χ4v) is 3.24. The summed E-state index contributed by atoms with van der Waals surface area (Å²) in [7, 11) is 0. The van der Waals surface area contributed by atoms with Crippen LogP contribution in [0.4, 0.5) is 0 Å². The zero-order valence-electron chi connectivity index (χ0n) is 15.8. The minimum atomic E-state index is -0.0424. The molecule has 1 aliphatic rings. The zero-order valence-corrected chi connectivity index (χ0v) is 15.8. The van der Waals surface area contributed by atoms with Gasteiger partial charge in [0, 0.05) is 26.2 Å². The zero-order chi connectivity index (χ0) is 17.0. The topological polar surface area (TPSA) is 50.1 Å². The van der Waals surface area contributed by atoms with Gasteiger partial charge in [0.05, 0.1) is 11.6 Å². The van der Waals surface area contributed by atoms with Crippen LogP contribution in [0.1, 0.15) is 66.3 Å². The molecule has 1 aromatic heterocycles. The van der Waals surface area contributed by atoms with Crippen LogP contribution in [-0.4, -0.2) is 62.7 Å². The third-order valence-corrected chi connectivity index (χ3v) is 5.22. The Morgan fingerprint density at radius 1 is 1.09 bits per heavy atom. The van der Waals surface area contributed by atoms with Crippen molar-refractivity contribution < 1.29 is 0 Å². The number of tetrazole rings is 1. The van der Waals surface area contributed by atoms with E-state index in [1.807, 2.05) is 0 Å². The van der Waals surface area contributed by atoms with Crippen LogP contribution in [0.15, 0.2) is 0 Å². The Hall–Kier alpha value is -1.01. The summed E-state index contributed by atoms with van der Waals surface area (Å²) in [4.78, 5) is 5.10. The predicted octanol–water partition coefficient (Wildman–Crippen LogP) is 2.54. The second-order valence-electron chi connectivity index (χ2n) is 7.73. The number of likely N-dealkylation sites (N-methyl/N-ethyl adjacent to an activating group) is 1. The summed E-state index contributed by atoms with van der Waals surface area (Å²) in [5.74, 6) is 1.66. The average Bonchev–Trinajstić information content (AvgIpc) is 3.03. The van der Waals surface area contributed by atoms with E-state index in [0.717, 1.165) is 51.4 Å². The van der Waals surface area contributed by atoms with Crippen LogP contribution in [0.3, 0.4) is 0 Å². The SMILES string of the molecule is CCN1CCN([C@@H](CC(C)C)c2nnnn2C(C)(C)CC)CC1. The Balaban J connectivity index is 2.25. The monoisotopic (exact) mass is 322 g/mol. The Kier molecular flexibility index (Phi) is 6.14. The molecule has 6 heteroatoms. The largest absolute Gasteiger partial charge is 0.301 e. The summed E-state index contributed by atoms with van der Waals surface area (Å²) in [5.41, 5.74) is -0.0424. The van der Waals surface area contributed by atoms with Gasteiger partial charge in [-0.2, -0.15) is 0 Å². The van der Waals surface area contributed by atoms with Crippen LogP contribution in [0.25, 0.3) is 0 Å². The molecule has 6 nitrogen and oxygen atoms in total. The Morgan fingerprint density at radius 3 is 2.26 bits per heavy atom. The molecule has 0 amide bonds. The molecule has 23 heavy (non-hydrogen) atoms. The number of nitrogens with zero attached hydrogens (tertiary/aromatic N) is 6. The van der Waals surface area contributed by atoms with Gasteiger partial charge in [-0.05, 0) is 49.6 Å². The van der Waals surface area contributed by atoms with Crippen LogP contribution < -0.4 is 0 Å². The molecule has 0 saturated carbocycles. The molecule has 0 radical (unpaired) electrons. The highest BCUT2D eigenvalue weighted by molar-refractivity contribution is 4.99. The van der Waals surface area contributed by atoms with Crippen molar-refractivity contribution in [3.8, 4) is 0 Å². The van der Waals surface area contributed by atoms with Crippen LogP contribution in [-0.2, 0) is 5.54 Å². The molecular formula is C17H34N6. The maximum absolute atomic E-state index is 4.44. The Morgan fingerprint density at radius 2 is 1.74 bits per heavy atom. The lowest BCUT2D eigenvalue weighted by Gasteiger charge is -2.39. The van der Waals surface area contributed by atoms with Gasteiger partial charge in [0.1, 0.15) is 0 Å². The van der Waals surface area contributed by atoms with Crippen LogP contribution in [0, 0.1) is 5.92 Å². The number of aromatic nitrogens is 4. The van der Waals surface area contributed by atoms with E-state index >= 15 is 0 Å². The normalized spacial score (nSPS) is 19.4. The average molecular weight is 323 g/mol. The molecule has 0 spiro atoms. The quantitative estimate of drug-likeness (QED) is 0.772. The minimum absolute atomic E-state index is 0.0424. The minimum Gasteiger partial charge on any atom is -0.301 e. The van der Waals surface area contributed by atoms with Crippen molar-refractivity contribution in [2.45, 2.75) is 66.0 Å². The first kappa shape index (κ1) is 18.3. The van der Waals surface area contributed by atoms with Gasteiger partial charge in [0.25, 0.3) is 0 Å². The molecule has 0 bridgehead atoms. The van der Waals surface area contributed by atoms with Gasteiger partial charge in [-0.1, -0.05) is 27.7 Å². The van der Waals surface area contributed by atoms with Gasteiger partial charge in [-0.3, -0.25) is 4.90 Å². The van der Waals surface area contributed by atoms with E-state index in [1.54, 1.807) is 0 Å². The van der Waals surface area contributed by atoms with E-state index in [2.05, 4.69) is 71.5 Å². The van der Waals surface area contributed by atoms with Gasteiger partial charge < -0.3 is 4.90 Å². The number of rotatable bonds is 7. The van der Waals surface area contributed by atoms with E-state index in [-0.39, 0.29) is 5.54 Å². The molecule has 2 heterocycles. The Bertz CT molecular complexity index is 473. The van der Waals surface area contributed by atoms with E-state index in [4.69, 9.17) is 0 Å². The summed E-state index contributed by atoms with van der Waals surface area (Å²) >= 11 is 0. The van der Waals surface area contributed by atoms with Crippen molar-refractivity contribution in [3.63, 3.8) is 0 Å². The second-order valence-corrected chi connectivity index (χ2v) is 7.73. The molecule has 1 aromatic rings. The molecule has 1 fully saturated rings. The lowest BCUT2D eigenvalue weighted by atomic mass is 9.98. The first-order chi connectivity index (χ1) is 10.9. The van der Waals surface area contributed by atoms with Crippen molar-refractivity contribution >= 4 is 0 Å². The fraction of sp³-hybridized carbons (Fsp3) is 0.941. The van der Waals surface area contributed by atoms with Crippen molar-refractivity contribution in [1.29, 1.82) is 0 Å². The molecule has 0 N–H and O–H groups in total. The molecule has 1 saturated heterocycles. The first-order valence-electron chi connectivity index (χ1n) is 9.14. The lowest BCUT2D eigenvalue weighted by Crippen LogP contribution is -2.48. The highest BCUT2D eigenvalue weighted by Gasteiger charge is 2.33. The van der Waals surface area contributed by atoms with Crippen molar-refractivity contribution in [1.82, 2.24) is 30.0 Å². The fourth-order valence-electron chi connectivity index (χ4n) is 3.24. The maximum Gasteiger partial charge on any atom is 0.168 e. The van der Waals surface area contributed by atoms with Gasteiger partial charge in [-0.15, -0.1) is 5.10 Å². The molecule has 0 aliphatic carbocycles. The first-order valence-corrected chi connectivity index (χ1v) is 9.14. The van der Waals surface area contributed by atoms with E-state index in [1.165, 1.54) is 0 Å². The highest BCUT2D eigenvalue weighted by Crippen LogP contribution is 2.30. The molecule has 1 atom stereocenters. The summed E-state index contributed by atoms with van der Waals surface area (Å²) in [6.07, 6.45) is 2.12. The molecule has 0 aromatic carbocycles. The van der Waals surface area contributed by atoms with E-state index in [9.17, 15) is 0 Å². The van der Waals surface area contributed by atoms with Gasteiger partial charge in [0.2, 0.25) is 0 Å². The summed E-state index contributed by atoms with van der Waals surface area (Å²) in [5, 5.41) is 12.8. The molecule has 132 valence electrons. The number of piperazine rings is 1. The smallest absolute Gasteiger partial charge is 0.168 e. The summed E-state index contributed by atoms with van der Waals surface area (Å²) in [6, 6.07) is 0.315. The maximum atomic E-state index is 4.44. The number of hydrogen-bond acceptors (Lipinski definition) is 5. The van der Waals surface area contributed by atoms with Crippen LogP contribution in [0.2, 0.25) is 0 Å². The van der Waals surface area contributed by atoms with Gasteiger partial charge in [-0.25, -0.2) is 4.68 Å². The highest BCUT2D eigenvalue weighted by atomic mass is 15.6. The van der Waals surface area contributed by atoms with Crippen molar-refractivity contribution in [2.24, 2.45) is 5.92 Å². The molecule has 2 rings (SSSR count). The molecular weight excluding hydrogens is 288 g/mol. The third kappa shape index (κ3) is 4.29. The van der Waals surface area contributed by atoms with Gasteiger partial charge in [0.15, 0.2) is 5.82 Å².